The summed E-state index contributed by atoms with van der Waals surface area (Å²) in [5.41, 5.74) is 0.807. The molecular weight excluding hydrogens is 414 g/mol. The fourth-order valence-corrected chi connectivity index (χ4v) is 5.96. The summed E-state index contributed by atoms with van der Waals surface area (Å²) in [5.74, 6) is -1.57. The van der Waals surface area contributed by atoms with E-state index in [1.807, 2.05) is 89.2 Å². The Balaban J connectivity index is 1.62. The van der Waals surface area contributed by atoms with Gasteiger partial charge in [-0.15, -0.1) is 0 Å². The lowest BCUT2D eigenvalue weighted by molar-refractivity contribution is -0.143. The van der Waals surface area contributed by atoms with Gasteiger partial charge in [-0.05, 0) is 45.7 Å². The minimum atomic E-state index is -1.13. The van der Waals surface area contributed by atoms with Crippen LogP contribution in [0, 0.1) is 17.8 Å². The van der Waals surface area contributed by atoms with Crippen molar-refractivity contribution in [3.8, 4) is 0 Å². The molecule has 2 fully saturated rings. The summed E-state index contributed by atoms with van der Waals surface area (Å²) < 4.78 is 0. The lowest BCUT2D eigenvalue weighted by Gasteiger charge is -2.29. The van der Waals surface area contributed by atoms with Crippen LogP contribution >= 0.6 is 0 Å². The lowest BCUT2D eigenvalue weighted by atomic mass is 9.86. The lowest BCUT2D eigenvalue weighted by Crippen LogP contribution is -2.44. The van der Waals surface area contributed by atoms with Crippen molar-refractivity contribution < 1.29 is 14.4 Å². The number of nitrogens with zero attached hydrogens (tertiary/aromatic N) is 3. The minimum Gasteiger partial charge on any atom is -0.331 e. The van der Waals surface area contributed by atoms with Gasteiger partial charge >= 0.3 is 0 Å². The van der Waals surface area contributed by atoms with Crippen molar-refractivity contribution in [3.63, 3.8) is 0 Å². The van der Waals surface area contributed by atoms with Gasteiger partial charge in [0.05, 0.1) is 16.7 Å². The summed E-state index contributed by atoms with van der Waals surface area (Å²) >= 11 is 0. The number of hydrogen-bond acceptors (Lipinski definition) is 4. The van der Waals surface area contributed by atoms with E-state index in [1.165, 1.54) is 5.01 Å². The van der Waals surface area contributed by atoms with Crippen LogP contribution in [0.5, 0.6) is 0 Å². The summed E-state index contributed by atoms with van der Waals surface area (Å²) in [6.07, 6.45) is 0. The first-order valence-electron chi connectivity index (χ1n) is 11.4. The third-order valence-corrected chi connectivity index (χ3v) is 7.49. The van der Waals surface area contributed by atoms with Crippen molar-refractivity contribution in [1.82, 2.24) is 9.91 Å². The summed E-state index contributed by atoms with van der Waals surface area (Å²) in [7, 11) is 0. The molecule has 0 radical (unpaired) electrons. The number of rotatable bonds is 3. The molecule has 2 aromatic rings. The highest BCUT2D eigenvalue weighted by Gasteiger charge is 2.90. The normalized spacial score (nSPS) is 28.9. The molecule has 3 aliphatic rings. The second kappa shape index (κ2) is 6.86. The number of Topliss-reactive ketones (excluding diaryl/α,β-unsaturated/α-hetero) is 1. The molecule has 3 atom stereocenters. The van der Waals surface area contributed by atoms with Crippen LogP contribution in [-0.2, 0) is 20.9 Å². The molecule has 2 aromatic carbocycles. The van der Waals surface area contributed by atoms with E-state index in [-0.39, 0.29) is 12.5 Å². The first-order valence-corrected chi connectivity index (χ1v) is 11.4. The Bertz CT molecular complexity index is 1200. The van der Waals surface area contributed by atoms with E-state index in [2.05, 4.69) is 5.10 Å². The Morgan fingerprint density at radius 2 is 1.61 bits per heavy atom. The fourth-order valence-electron chi connectivity index (χ4n) is 5.96. The molecule has 2 spiro atoms. The number of amides is 2. The highest BCUT2D eigenvalue weighted by Crippen LogP contribution is 2.79. The topological polar surface area (TPSA) is 70.1 Å². The second-order valence-electron chi connectivity index (χ2n) is 10.6. The van der Waals surface area contributed by atoms with Gasteiger partial charge in [0.15, 0.2) is 0 Å². The highest BCUT2D eigenvalue weighted by molar-refractivity contribution is 6.45. The molecule has 0 aromatic heterocycles. The average molecular weight is 444 g/mol. The first kappa shape index (κ1) is 21.6. The number of hydrazone groups is 1. The molecule has 1 saturated carbocycles. The van der Waals surface area contributed by atoms with Crippen molar-refractivity contribution in [1.29, 1.82) is 0 Å². The van der Waals surface area contributed by atoms with Crippen LogP contribution in [-0.4, -0.2) is 45.3 Å². The molecule has 1 aliphatic carbocycles. The first-order chi connectivity index (χ1) is 15.5. The minimum absolute atomic E-state index is 0.180. The zero-order valence-corrected chi connectivity index (χ0v) is 19.8. The maximum atomic E-state index is 14.0. The van der Waals surface area contributed by atoms with Crippen LogP contribution in [0.3, 0.4) is 0 Å². The standard InChI is InChI=1S/C27H29N3O3/c1-17-11-13-20(14-12-17)21-26(27(21)18(2)28-30(24(27)33)25(3,4)5)16-29(23(32)22(26)31)15-19-9-7-6-8-10-19/h6-14,21H,15-16H2,1-5H3/t21-,26?,27?/m0/s1. The maximum Gasteiger partial charge on any atom is 0.291 e. The third kappa shape index (κ3) is 2.73. The number of carbonyl (C=O) groups is 3. The van der Waals surface area contributed by atoms with Crippen molar-refractivity contribution in [2.75, 3.05) is 6.54 Å². The molecule has 2 heterocycles. The van der Waals surface area contributed by atoms with Crippen molar-refractivity contribution in [3.05, 3.63) is 71.3 Å². The van der Waals surface area contributed by atoms with E-state index >= 15 is 0 Å². The number of ketones is 1. The predicted octanol–water partition coefficient (Wildman–Crippen LogP) is 3.69. The van der Waals surface area contributed by atoms with Crippen molar-refractivity contribution in [2.24, 2.45) is 15.9 Å². The Hall–Kier alpha value is -3.28. The SMILES string of the molecule is CC1=NN(C(C)(C)C)C(=O)C12[C@@H](c1ccc(C)cc1)C21CN(Cc2ccccc2)C(=O)C1=O. The third-order valence-electron chi connectivity index (χ3n) is 7.49. The smallest absolute Gasteiger partial charge is 0.291 e. The Morgan fingerprint density at radius 1 is 0.970 bits per heavy atom. The maximum absolute atomic E-state index is 14.0. The van der Waals surface area contributed by atoms with Gasteiger partial charge in [0.2, 0.25) is 5.78 Å². The molecule has 0 N–H and O–H groups in total. The molecule has 0 bridgehead atoms. The molecule has 2 unspecified atom stereocenters. The van der Waals surface area contributed by atoms with Crippen LogP contribution < -0.4 is 0 Å². The van der Waals surface area contributed by atoms with E-state index in [0.29, 0.717) is 12.3 Å². The number of likely N-dealkylation sites (tertiary alicyclic amines) is 1. The van der Waals surface area contributed by atoms with Crippen LogP contribution in [0.15, 0.2) is 59.7 Å². The molecule has 33 heavy (non-hydrogen) atoms. The van der Waals surface area contributed by atoms with Gasteiger partial charge in [-0.2, -0.15) is 5.10 Å². The van der Waals surface area contributed by atoms with E-state index in [1.54, 1.807) is 4.90 Å². The molecule has 6 nitrogen and oxygen atoms in total. The van der Waals surface area contributed by atoms with Gasteiger partial charge in [-0.3, -0.25) is 14.4 Å². The van der Waals surface area contributed by atoms with Crippen LogP contribution in [0.2, 0.25) is 0 Å². The summed E-state index contributed by atoms with van der Waals surface area (Å²) in [6.45, 7) is 10.2. The summed E-state index contributed by atoms with van der Waals surface area (Å²) in [6, 6.07) is 17.6. The largest absolute Gasteiger partial charge is 0.331 e. The van der Waals surface area contributed by atoms with E-state index in [9.17, 15) is 14.4 Å². The average Bonchev–Trinajstić information content (AvgIpc) is 3.19. The zero-order chi connectivity index (χ0) is 23.8. The number of benzene rings is 2. The van der Waals surface area contributed by atoms with Gasteiger partial charge < -0.3 is 4.90 Å². The van der Waals surface area contributed by atoms with E-state index in [0.717, 1.165) is 16.7 Å². The van der Waals surface area contributed by atoms with Gasteiger partial charge in [0.1, 0.15) is 5.41 Å². The van der Waals surface area contributed by atoms with Gasteiger partial charge in [0, 0.05) is 19.0 Å². The van der Waals surface area contributed by atoms with Gasteiger partial charge in [0.25, 0.3) is 11.8 Å². The van der Waals surface area contributed by atoms with Gasteiger partial charge in [-0.25, -0.2) is 5.01 Å². The quantitative estimate of drug-likeness (QED) is 0.680. The van der Waals surface area contributed by atoms with Gasteiger partial charge in [-0.1, -0.05) is 60.2 Å². The molecule has 170 valence electrons. The Labute approximate surface area is 194 Å². The van der Waals surface area contributed by atoms with E-state index in [4.69, 9.17) is 0 Å². The van der Waals surface area contributed by atoms with Crippen LogP contribution in [0.25, 0.3) is 0 Å². The second-order valence-corrected chi connectivity index (χ2v) is 10.6. The zero-order valence-electron chi connectivity index (χ0n) is 19.8. The van der Waals surface area contributed by atoms with Crippen LogP contribution in [0.1, 0.15) is 50.3 Å². The summed E-state index contributed by atoms with van der Waals surface area (Å²) in [4.78, 5) is 42.6. The number of carbonyl (C=O) groups excluding carboxylic acids is 3. The monoisotopic (exact) mass is 443 g/mol. The highest BCUT2D eigenvalue weighted by atomic mass is 16.2. The molecule has 6 heteroatoms. The molecule has 1 saturated heterocycles. The molecular formula is C27H29N3O3. The molecule has 2 amide bonds. The van der Waals surface area contributed by atoms with Crippen LogP contribution in [0.4, 0.5) is 0 Å². The van der Waals surface area contributed by atoms with E-state index < -0.39 is 34.0 Å². The Kier molecular flexibility index (Phi) is 4.48. The van der Waals surface area contributed by atoms with Crippen molar-refractivity contribution >= 4 is 23.3 Å². The molecule has 2 aliphatic heterocycles. The number of fused-ring (bicyclic) bond motifs is 1. The Morgan fingerprint density at radius 3 is 2.18 bits per heavy atom. The van der Waals surface area contributed by atoms with Crippen molar-refractivity contribution in [2.45, 2.75) is 52.6 Å². The number of aryl methyl sites for hydroxylation is 1. The summed E-state index contributed by atoms with van der Waals surface area (Å²) in [5, 5.41) is 6.17. The predicted molar refractivity (Wildman–Crippen MR) is 125 cm³/mol. The molecule has 5 rings (SSSR count). The number of hydrogen-bond donors (Lipinski definition) is 0. The fraction of sp³-hybridized carbons (Fsp3) is 0.407.